The summed E-state index contributed by atoms with van der Waals surface area (Å²) < 4.78 is 1.58. The van der Waals surface area contributed by atoms with Crippen LogP contribution in [0.3, 0.4) is 0 Å². The number of carbonyl (C=O) groups is 1. The van der Waals surface area contributed by atoms with E-state index in [-0.39, 0.29) is 12.6 Å². The summed E-state index contributed by atoms with van der Waals surface area (Å²) in [5.74, 6) is 0.525. The highest BCUT2D eigenvalue weighted by Crippen LogP contribution is 2.21. The van der Waals surface area contributed by atoms with Crippen LogP contribution in [0.15, 0.2) is 60.9 Å². The second-order valence-electron chi connectivity index (χ2n) is 5.40. The Labute approximate surface area is 145 Å². The average molecular weight is 337 g/mol. The van der Waals surface area contributed by atoms with Gasteiger partial charge in [-0.05, 0) is 11.6 Å². The smallest absolute Gasteiger partial charge is 0.320 e. The average Bonchev–Trinajstić information content (AvgIpc) is 3.04. The van der Waals surface area contributed by atoms with Gasteiger partial charge in [0.25, 0.3) is 0 Å². The van der Waals surface area contributed by atoms with Gasteiger partial charge in [-0.25, -0.2) is 9.48 Å². The minimum absolute atomic E-state index is 0.0676. The number of benzene rings is 1. The molecule has 0 atom stereocenters. The number of amides is 2. The van der Waals surface area contributed by atoms with Crippen LogP contribution in [-0.2, 0) is 13.1 Å². The summed E-state index contributed by atoms with van der Waals surface area (Å²) in [5.41, 5.74) is 2.58. The van der Waals surface area contributed by atoms with Gasteiger partial charge in [-0.15, -0.1) is 0 Å². The molecule has 128 valence electrons. The number of hydrogen-bond acceptors (Lipinski definition) is 4. The lowest BCUT2D eigenvalue weighted by Crippen LogP contribution is -2.29. The number of urea groups is 1. The van der Waals surface area contributed by atoms with Crippen molar-refractivity contribution in [2.75, 3.05) is 11.9 Å². The molecule has 2 aromatic heterocycles. The molecule has 0 fully saturated rings. The van der Waals surface area contributed by atoms with E-state index < -0.39 is 0 Å². The molecule has 0 bridgehead atoms. The monoisotopic (exact) mass is 337 g/mol. The van der Waals surface area contributed by atoms with Crippen molar-refractivity contribution in [3.05, 3.63) is 66.5 Å². The number of pyridine rings is 1. The van der Waals surface area contributed by atoms with Crippen molar-refractivity contribution >= 4 is 11.8 Å². The molecule has 7 heteroatoms. The van der Waals surface area contributed by atoms with Crippen LogP contribution >= 0.6 is 0 Å². The Morgan fingerprint density at radius 2 is 2.00 bits per heavy atom. The first-order chi connectivity index (χ1) is 12.3. The first-order valence-electron chi connectivity index (χ1n) is 7.94. The molecule has 0 aliphatic heterocycles. The third-order valence-corrected chi connectivity index (χ3v) is 3.58. The van der Waals surface area contributed by atoms with Crippen molar-refractivity contribution in [1.82, 2.24) is 20.1 Å². The van der Waals surface area contributed by atoms with E-state index in [1.165, 1.54) is 0 Å². The molecular weight excluding hydrogens is 318 g/mol. The van der Waals surface area contributed by atoms with Crippen molar-refractivity contribution < 1.29 is 9.90 Å². The van der Waals surface area contributed by atoms with Gasteiger partial charge in [0.15, 0.2) is 0 Å². The lowest BCUT2D eigenvalue weighted by atomic mass is 10.2. The first kappa shape index (κ1) is 16.7. The van der Waals surface area contributed by atoms with E-state index >= 15 is 0 Å². The number of nitrogens with zero attached hydrogens (tertiary/aromatic N) is 3. The van der Waals surface area contributed by atoms with Gasteiger partial charge >= 0.3 is 6.03 Å². The Hall–Kier alpha value is -3.19. The third kappa shape index (κ3) is 4.42. The lowest BCUT2D eigenvalue weighted by Gasteiger charge is -2.09. The Morgan fingerprint density at radius 3 is 2.72 bits per heavy atom. The molecule has 3 aromatic rings. The van der Waals surface area contributed by atoms with Crippen LogP contribution < -0.4 is 10.6 Å². The fourth-order valence-corrected chi connectivity index (χ4v) is 2.38. The van der Waals surface area contributed by atoms with Crippen LogP contribution in [0.5, 0.6) is 0 Å². The fourth-order valence-electron chi connectivity index (χ4n) is 2.38. The Bertz CT molecular complexity index is 818. The molecule has 0 saturated heterocycles. The molecule has 7 nitrogen and oxygen atoms in total. The third-order valence-electron chi connectivity index (χ3n) is 3.58. The molecular formula is C18H19N5O2. The standard InChI is InChI=1S/C18H19N5O2/c24-10-9-23-17(11-16(22-23)15-6-2-1-3-7-15)21-18(25)20-13-14-5-4-8-19-12-14/h1-8,11-12,24H,9-10,13H2,(H2,20,21,25). The molecule has 0 saturated carbocycles. The highest BCUT2D eigenvalue weighted by Gasteiger charge is 2.12. The van der Waals surface area contributed by atoms with Gasteiger partial charge in [-0.2, -0.15) is 5.10 Å². The number of nitrogens with one attached hydrogen (secondary N) is 2. The van der Waals surface area contributed by atoms with Gasteiger partial charge in [0.1, 0.15) is 5.82 Å². The van der Waals surface area contributed by atoms with E-state index in [0.717, 1.165) is 16.8 Å². The van der Waals surface area contributed by atoms with Crippen LogP contribution in [0.2, 0.25) is 0 Å². The molecule has 3 rings (SSSR count). The summed E-state index contributed by atoms with van der Waals surface area (Å²) in [4.78, 5) is 16.2. The van der Waals surface area contributed by atoms with E-state index in [2.05, 4.69) is 20.7 Å². The second-order valence-corrected chi connectivity index (χ2v) is 5.40. The molecule has 0 aliphatic rings. The quantitative estimate of drug-likeness (QED) is 0.643. The van der Waals surface area contributed by atoms with Gasteiger partial charge < -0.3 is 10.4 Å². The Kier molecular flexibility index (Phi) is 5.38. The molecule has 3 N–H and O–H groups in total. The molecule has 1 aromatic carbocycles. The maximum atomic E-state index is 12.1. The number of aliphatic hydroxyl groups is 1. The van der Waals surface area contributed by atoms with E-state index in [1.54, 1.807) is 23.1 Å². The predicted molar refractivity (Wildman–Crippen MR) is 94.8 cm³/mol. The lowest BCUT2D eigenvalue weighted by molar-refractivity contribution is 0.250. The first-order valence-corrected chi connectivity index (χ1v) is 7.94. The van der Waals surface area contributed by atoms with Crippen molar-refractivity contribution in [3.8, 4) is 11.3 Å². The van der Waals surface area contributed by atoms with Gasteiger partial charge in [-0.3, -0.25) is 10.3 Å². The summed E-state index contributed by atoms with van der Waals surface area (Å²) in [6, 6.07) is 14.8. The van der Waals surface area contributed by atoms with Crippen molar-refractivity contribution in [1.29, 1.82) is 0 Å². The molecule has 0 aliphatic carbocycles. The molecule has 2 heterocycles. The molecule has 25 heavy (non-hydrogen) atoms. The number of aromatic nitrogens is 3. The van der Waals surface area contributed by atoms with Crippen molar-refractivity contribution in [3.63, 3.8) is 0 Å². The van der Waals surface area contributed by atoms with E-state index in [1.807, 2.05) is 42.5 Å². The zero-order valence-corrected chi connectivity index (χ0v) is 13.6. The van der Waals surface area contributed by atoms with E-state index in [4.69, 9.17) is 0 Å². The number of aliphatic hydroxyl groups excluding tert-OH is 1. The van der Waals surface area contributed by atoms with E-state index in [9.17, 15) is 9.90 Å². The normalized spacial score (nSPS) is 10.4. The van der Waals surface area contributed by atoms with Gasteiger partial charge in [-0.1, -0.05) is 36.4 Å². The minimum Gasteiger partial charge on any atom is -0.394 e. The van der Waals surface area contributed by atoms with Gasteiger partial charge in [0.2, 0.25) is 0 Å². The fraction of sp³-hybridized carbons (Fsp3) is 0.167. The highest BCUT2D eigenvalue weighted by molar-refractivity contribution is 5.89. The Morgan fingerprint density at radius 1 is 1.16 bits per heavy atom. The highest BCUT2D eigenvalue weighted by atomic mass is 16.3. The molecule has 0 unspecified atom stereocenters. The number of rotatable bonds is 6. The maximum Gasteiger partial charge on any atom is 0.320 e. The van der Waals surface area contributed by atoms with Crippen LogP contribution in [-0.4, -0.2) is 32.5 Å². The van der Waals surface area contributed by atoms with E-state index in [0.29, 0.717) is 18.9 Å². The maximum absolute atomic E-state index is 12.1. The minimum atomic E-state index is -0.345. The molecule has 2 amide bonds. The zero-order chi connectivity index (χ0) is 17.5. The van der Waals surface area contributed by atoms with Gasteiger partial charge in [0, 0.05) is 30.6 Å². The number of anilines is 1. The summed E-state index contributed by atoms with van der Waals surface area (Å²) in [6.07, 6.45) is 3.38. The second kappa shape index (κ2) is 8.07. The number of hydrogen-bond donors (Lipinski definition) is 3. The van der Waals surface area contributed by atoms with Crippen LogP contribution in [0, 0.1) is 0 Å². The van der Waals surface area contributed by atoms with Crippen LogP contribution in [0.1, 0.15) is 5.56 Å². The summed E-state index contributed by atoms with van der Waals surface area (Å²) in [5, 5.41) is 19.2. The predicted octanol–water partition coefficient (Wildman–Crippen LogP) is 2.26. The summed E-state index contributed by atoms with van der Waals surface area (Å²) in [6.45, 7) is 0.603. The van der Waals surface area contributed by atoms with Crippen molar-refractivity contribution in [2.24, 2.45) is 0 Å². The molecule has 0 spiro atoms. The van der Waals surface area contributed by atoms with Gasteiger partial charge in [0.05, 0.1) is 18.8 Å². The van der Waals surface area contributed by atoms with Crippen LogP contribution in [0.4, 0.5) is 10.6 Å². The zero-order valence-electron chi connectivity index (χ0n) is 13.6. The largest absolute Gasteiger partial charge is 0.394 e. The van der Waals surface area contributed by atoms with Crippen molar-refractivity contribution in [2.45, 2.75) is 13.1 Å². The Balaban J connectivity index is 1.70. The molecule has 0 radical (unpaired) electrons. The summed E-state index contributed by atoms with van der Waals surface area (Å²) >= 11 is 0. The van der Waals surface area contributed by atoms with Crippen LogP contribution in [0.25, 0.3) is 11.3 Å². The number of carbonyl (C=O) groups excluding carboxylic acids is 1. The summed E-state index contributed by atoms with van der Waals surface area (Å²) in [7, 11) is 0. The SMILES string of the molecule is O=C(NCc1cccnc1)Nc1cc(-c2ccccc2)nn1CCO. The topological polar surface area (TPSA) is 92.1 Å².